The second-order valence-electron chi connectivity index (χ2n) is 4.13. The summed E-state index contributed by atoms with van der Waals surface area (Å²) in [4.78, 5) is 0. The van der Waals surface area contributed by atoms with Crippen molar-refractivity contribution >= 4 is 0 Å². The van der Waals surface area contributed by atoms with E-state index >= 15 is 0 Å². The molecule has 0 heterocycles. The predicted octanol–water partition coefficient (Wildman–Crippen LogP) is 3.29. The lowest BCUT2D eigenvalue weighted by Crippen LogP contribution is -2.04. The van der Waals surface area contributed by atoms with Crippen molar-refractivity contribution in [2.75, 3.05) is 0 Å². The number of ether oxygens (including phenoxy) is 1. The molecule has 0 aliphatic heterocycles. The van der Waals surface area contributed by atoms with Gasteiger partial charge in [-0.3, -0.25) is 0 Å². The van der Waals surface area contributed by atoms with E-state index < -0.39 is 0 Å². The third-order valence-corrected chi connectivity index (χ3v) is 2.65. The SMILES string of the molecule is CC(N)c1ccc(OCc2ccccc2)cc1. The van der Waals surface area contributed by atoms with Crippen LogP contribution < -0.4 is 10.5 Å². The maximum absolute atomic E-state index is 5.79. The molecule has 0 saturated carbocycles. The first-order valence-corrected chi connectivity index (χ1v) is 5.78. The zero-order valence-corrected chi connectivity index (χ0v) is 9.97. The summed E-state index contributed by atoms with van der Waals surface area (Å²) in [5, 5.41) is 0. The molecular weight excluding hydrogens is 210 g/mol. The van der Waals surface area contributed by atoms with Gasteiger partial charge in [-0.15, -0.1) is 0 Å². The second kappa shape index (κ2) is 5.51. The van der Waals surface area contributed by atoms with Gasteiger partial charge in [-0.2, -0.15) is 0 Å². The lowest BCUT2D eigenvalue weighted by molar-refractivity contribution is 0.306. The zero-order chi connectivity index (χ0) is 12.1. The lowest BCUT2D eigenvalue weighted by Gasteiger charge is -2.09. The molecule has 0 radical (unpaired) electrons. The molecule has 0 saturated heterocycles. The molecule has 2 N–H and O–H groups in total. The molecule has 0 aliphatic rings. The van der Waals surface area contributed by atoms with Gasteiger partial charge in [0.25, 0.3) is 0 Å². The summed E-state index contributed by atoms with van der Waals surface area (Å²) in [6.45, 7) is 2.57. The average Bonchev–Trinajstić information content (AvgIpc) is 2.38. The fourth-order valence-electron chi connectivity index (χ4n) is 1.61. The van der Waals surface area contributed by atoms with Crippen LogP contribution in [0.3, 0.4) is 0 Å². The van der Waals surface area contributed by atoms with E-state index in [0.717, 1.165) is 11.3 Å². The number of nitrogens with two attached hydrogens (primary N) is 1. The highest BCUT2D eigenvalue weighted by Crippen LogP contribution is 2.17. The molecule has 0 amide bonds. The van der Waals surface area contributed by atoms with Crippen LogP contribution >= 0.6 is 0 Å². The summed E-state index contributed by atoms with van der Waals surface area (Å²) in [6.07, 6.45) is 0. The molecule has 1 atom stereocenters. The molecule has 0 fully saturated rings. The monoisotopic (exact) mass is 227 g/mol. The first-order chi connectivity index (χ1) is 8.25. The Morgan fingerprint density at radius 3 is 2.24 bits per heavy atom. The highest BCUT2D eigenvalue weighted by atomic mass is 16.5. The minimum absolute atomic E-state index is 0.0678. The van der Waals surface area contributed by atoms with Crippen molar-refractivity contribution in [3.63, 3.8) is 0 Å². The van der Waals surface area contributed by atoms with E-state index in [1.54, 1.807) is 0 Å². The third-order valence-electron chi connectivity index (χ3n) is 2.65. The van der Waals surface area contributed by atoms with Crippen LogP contribution in [0.4, 0.5) is 0 Å². The summed E-state index contributed by atoms with van der Waals surface area (Å²) in [7, 11) is 0. The molecule has 17 heavy (non-hydrogen) atoms. The van der Waals surface area contributed by atoms with Crippen molar-refractivity contribution in [1.82, 2.24) is 0 Å². The molecule has 1 unspecified atom stereocenters. The summed E-state index contributed by atoms with van der Waals surface area (Å²) in [5.74, 6) is 0.873. The minimum atomic E-state index is 0.0678. The maximum atomic E-state index is 5.79. The average molecular weight is 227 g/mol. The van der Waals surface area contributed by atoms with E-state index in [4.69, 9.17) is 10.5 Å². The smallest absolute Gasteiger partial charge is 0.119 e. The number of benzene rings is 2. The van der Waals surface area contributed by atoms with Crippen molar-refractivity contribution in [2.24, 2.45) is 5.73 Å². The van der Waals surface area contributed by atoms with E-state index in [9.17, 15) is 0 Å². The Hall–Kier alpha value is -1.80. The fourth-order valence-corrected chi connectivity index (χ4v) is 1.61. The standard InChI is InChI=1S/C15H17NO/c1-12(16)14-7-9-15(10-8-14)17-11-13-5-3-2-4-6-13/h2-10,12H,11,16H2,1H3. The van der Waals surface area contributed by atoms with Gasteiger partial charge in [0.15, 0.2) is 0 Å². The maximum Gasteiger partial charge on any atom is 0.119 e. The Kier molecular flexibility index (Phi) is 3.78. The highest BCUT2D eigenvalue weighted by Gasteiger charge is 1.99. The van der Waals surface area contributed by atoms with Crippen LogP contribution in [-0.2, 0) is 6.61 Å². The van der Waals surface area contributed by atoms with Gasteiger partial charge in [-0.05, 0) is 30.2 Å². The summed E-state index contributed by atoms with van der Waals surface area (Å²) < 4.78 is 5.69. The first-order valence-electron chi connectivity index (χ1n) is 5.78. The lowest BCUT2D eigenvalue weighted by atomic mass is 10.1. The van der Waals surface area contributed by atoms with Crippen LogP contribution in [0.2, 0.25) is 0 Å². The van der Waals surface area contributed by atoms with E-state index in [1.807, 2.05) is 49.4 Å². The molecular formula is C15H17NO. The van der Waals surface area contributed by atoms with Crippen LogP contribution in [0.15, 0.2) is 54.6 Å². The van der Waals surface area contributed by atoms with E-state index in [1.165, 1.54) is 5.56 Å². The quantitative estimate of drug-likeness (QED) is 0.870. The third kappa shape index (κ3) is 3.33. The number of rotatable bonds is 4. The van der Waals surface area contributed by atoms with E-state index in [2.05, 4.69) is 12.1 Å². The highest BCUT2D eigenvalue weighted by molar-refractivity contribution is 5.29. The van der Waals surface area contributed by atoms with Gasteiger partial charge in [0.1, 0.15) is 12.4 Å². The van der Waals surface area contributed by atoms with Gasteiger partial charge < -0.3 is 10.5 Å². The molecule has 0 aliphatic carbocycles. The van der Waals surface area contributed by atoms with Crippen molar-refractivity contribution in [1.29, 1.82) is 0 Å². The van der Waals surface area contributed by atoms with Crippen LogP contribution in [0.5, 0.6) is 5.75 Å². The molecule has 0 bridgehead atoms. The van der Waals surface area contributed by atoms with Crippen molar-refractivity contribution in [3.8, 4) is 5.75 Å². The predicted molar refractivity (Wildman–Crippen MR) is 69.8 cm³/mol. The zero-order valence-electron chi connectivity index (χ0n) is 9.97. The van der Waals surface area contributed by atoms with Crippen LogP contribution in [0, 0.1) is 0 Å². The van der Waals surface area contributed by atoms with Crippen LogP contribution in [0.1, 0.15) is 24.1 Å². The molecule has 0 spiro atoms. The molecule has 0 aromatic heterocycles. The molecule has 2 heteroatoms. The molecule has 2 nitrogen and oxygen atoms in total. The summed E-state index contributed by atoms with van der Waals surface area (Å²) in [6, 6.07) is 18.1. The molecule has 2 rings (SSSR count). The number of hydrogen-bond acceptors (Lipinski definition) is 2. The van der Waals surface area contributed by atoms with Gasteiger partial charge in [-0.1, -0.05) is 42.5 Å². The number of hydrogen-bond donors (Lipinski definition) is 1. The second-order valence-corrected chi connectivity index (χ2v) is 4.13. The summed E-state index contributed by atoms with van der Waals surface area (Å²) >= 11 is 0. The van der Waals surface area contributed by atoms with Gasteiger partial charge in [0.05, 0.1) is 0 Å². The Balaban J connectivity index is 1.96. The normalized spacial score (nSPS) is 12.1. The van der Waals surface area contributed by atoms with Crippen molar-refractivity contribution in [2.45, 2.75) is 19.6 Å². The van der Waals surface area contributed by atoms with Crippen LogP contribution in [-0.4, -0.2) is 0 Å². The Morgan fingerprint density at radius 1 is 1.00 bits per heavy atom. The first kappa shape index (κ1) is 11.7. The molecule has 2 aromatic carbocycles. The Morgan fingerprint density at radius 2 is 1.65 bits per heavy atom. The topological polar surface area (TPSA) is 35.2 Å². The molecule has 2 aromatic rings. The largest absolute Gasteiger partial charge is 0.489 e. The minimum Gasteiger partial charge on any atom is -0.489 e. The van der Waals surface area contributed by atoms with Crippen LogP contribution in [0.25, 0.3) is 0 Å². The van der Waals surface area contributed by atoms with Gasteiger partial charge in [0.2, 0.25) is 0 Å². The molecule has 88 valence electrons. The van der Waals surface area contributed by atoms with Crippen molar-refractivity contribution < 1.29 is 4.74 Å². The Labute approximate surface area is 102 Å². The van der Waals surface area contributed by atoms with Gasteiger partial charge >= 0.3 is 0 Å². The van der Waals surface area contributed by atoms with Gasteiger partial charge in [0, 0.05) is 6.04 Å². The van der Waals surface area contributed by atoms with Gasteiger partial charge in [-0.25, -0.2) is 0 Å². The fraction of sp³-hybridized carbons (Fsp3) is 0.200. The van der Waals surface area contributed by atoms with E-state index in [-0.39, 0.29) is 6.04 Å². The Bertz CT molecular complexity index is 448. The van der Waals surface area contributed by atoms with E-state index in [0.29, 0.717) is 6.61 Å². The summed E-state index contributed by atoms with van der Waals surface area (Å²) in [5.41, 5.74) is 8.08. The van der Waals surface area contributed by atoms with Crippen molar-refractivity contribution in [3.05, 3.63) is 65.7 Å².